The first-order valence-electron chi connectivity index (χ1n) is 1.80. The van der Waals surface area contributed by atoms with Crippen molar-refractivity contribution in [3.05, 3.63) is 6.42 Å². The lowest BCUT2D eigenvalue weighted by molar-refractivity contribution is 1.18. The van der Waals surface area contributed by atoms with Crippen LogP contribution < -0.4 is 0 Å². The highest BCUT2D eigenvalue weighted by atomic mass is 14.7. The van der Waals surface area contributed by atoms with Crippen LogP contribution in [0, 0.1) is 6.42 Å². The molecule has 0 atom stereocenters. The average Bonchev–Trinajstić information content (AvgIpc) is 1.76. The molecule has 1 heteroatoms. The molecule has 0 unspecified atom stereocenters. The normalized spacial score (nSPS) is 20.8. The first kappa shape index (κ1) is 2.88. The zero-order chi connectivity index (χ0) is 3.54. The molecule has 0 saturated carbocycles. The van der Waals surface area contributed by atoms with E-state index < -0.39 is 0 Å². The summed E-state index contributed by atoms with van der Waals surface area (Å²) in [7, 11) is 0. The molecular weight excluding hydrogens is 62.1 g/mol. The highest BCUT2D eigenvalue weighted by Crippen LogP contribution is 1.90. The van der Waals surface area contributed by atoms with Crippen LogP contribution >= 0.6 is 0 Å². The molecule has 0 fully saturated rings. The third-order valence-corrected chi connectivity index (χ3v) is 0.636. The first-order chi connectivity index (χ1) is 2.50. The van der Waals surface area contributed by atoms with Crippen LogP contribution in [0.25, 0.3) is 0 Å². The van der Waals surface area contributed by atoms with E-state index in [0.29, 0.717) is 0 Å². The number of nitrogens with zero attached hydrogens (tertiary/aromatic N) is 1. The van der Waals surface area contributed by atoms with Gasteiger partial charge in [-0.15, -0.1) is 0 Å². The summed E-state index contributed by atoms with van der Waals surface area (Å²) in [5.74, 6) is 0. The number of hydrogen-bond donors (Lipinski definition) is 0. The van der Waals surface area contributed by atoms with E-state index in [0.717, 1.165) is 13.0 Å². The Kier molecular flexibility index (Phi) is 0.692. The zero-order valence-corrected chi connectivity index (χ0v) is 3.02. The Hall–Kier alpha value is -0.330. The molecule has 0 amide bonds. The summed E-state index contributed by atoms with van der Waals surface area (Å²) in [4.78, 5) is 3.90. The van der Waals surface area contributed by atoms with Gasteiger partial charge in [-0.2, -0.15) is 0 Å². The molecule has 1 aliphatic rings. The minimum Gasteiger partial charge on any atom is -0.297 e. The van der Waals surface area contributed by atoms with Gasteiger partial charge < -0.3 is 0 Å². The minimum atomic E-state index is 0.944. The summed E-state index contributed by atoms with van der Waals surface area (Å²) in [5.41, 5.74) is 0. The third-order valence-electron chi connectivity index (χ3n) is 0.636. The standard InChI is InChI=1S/C4H6N/c1-2-4-5-3-1/h1,4H,2-3H2. The van der Waals surface area contributed by atoms with Gasteiger partial charge in [0.05, 0.1) is 0 Å². The summed E-state index contributed by atoms with van der Waals surface area (Å²) in [6, 6.07) is 0. The fourth-order valence-corrected chi connectivity index (χ4v) is 0.373. The van der Waals surface area contributed by atoms with Crippen molar-refractivity contribution in [1.82, 2.24) is 0 Å². The molecule has 0 aromatic carbocycles. The van der Waals surface area contributed by atoms with Crippen molar-refractivity contribution in [3.63, 3.8) is 0 Å². The van der Waals surface area contributed by atoms with Crippen LogP contribution in [0.3, 0.4) is 0 Å². The Labute approximate surface area is 31.7 Å². The predicted molar refractivity (Wildman–Crippen MR) is 22.3 cm³/mol. The van der Waals surface area contributed by atoms with E-state index in [9.17, 15) is 0 Å². The second-order valence-corrected chi connectivity index (χ2v) is 1.07. The molecule has 0 bridgehead atoms. The van der Waals surface area contributed by atoms with Crippen LogP contribution in [0.4, 0.5) is 0 Å². The van der Waals surface area contributed by atoms with Gasteiger partial charge in [0.1, 0.15) is 0 Å². The molecule has 27 valence electrons. The molecule has 0 saturated heterocycles. The van der Waals surface area contributed by atoms with Crippen molar-refractivity contribution in [1.29, 1.82) is 0 Å². The molecule has 0 aromatic heterocycles. The Morgan fingerprint density at radius 1 is 1.60 bits per heavy atom. The minimum absolute atomic E-state index is 0.944. The van der Waals surface area contributed by atoms with E-state index in [1.165, 1.54) is 0 Å². The van der Waals surface area contributed by atoms with Gasteiger partial charge in [-0.3, -0.25) is 4.99 Å². The van der Waals surface area contributed by atoms with Gasteiger partial charge in [-0.05, 0) is 19.1 Å². The monoisotopic (exact) mass is 68.1 g/mol. The van der Waals surface area contributed by atoms with Gasteiger partial charge in [0.2, 0.25) is 0 Å². The van der Waals surface area contributed by atoms with Gasteiger partial charge >= 0.3 is 0 Å². The molecule has 0 spiro atoms. The quantitative estimate of drug-likeness (QED) is 0.395. The molecular formula is C4H6N. The first-order valence-corrected chi connectivity index (χ1v) is 1.80. The van der Waals surface area contributed by atoms with E-state index in [2.05, 4.69) is 11.4 Å². The molecule has 1 radical (unpaired) electrons. The van der Waals surface area contributed by atoms with E-state index in [4.69, 9.17) is 0 Å². The van der Waals surface area contributed by atoms with Crippen molar-refractivity contribution in [2.24, 2.45) is 4.99 Å². The van der Waals surface area contributed by atoms with Crippen molar-refractivity contribution in [2.75, 3.05) is 6.54 Å². The van der Waals surface area contributed by atoms with Crippen LogP contribution in [0.2, 0.25) is 0 Å². The number of rotatable bonds is 0. The van der Waals surface area contributed by atoms with E-state index in [1.807, 2.05) is 6.21 Å². The molecule has 1 rings (SSSR count). The van der Waals surface area contributed by atoms with Crippen molar-refractivity contribution in [2.45, 2.75) is 6.42 Å². The second-order valence-electron chi connectivity index (χ2n) is 1.07. The largest absolute Gasteiger partial charge is 0.297 e. The van der Waals surface area contributed by atoms with Crippen molar-refractivity contribution < 1.29 is 0 Å². The predicted octanol–water partition coefficient (Wildman–Crippen LogP) is 0.665. The lowest BCUT2D eigenvalue weighted by Crippen LogP contribution is -1.64. The Bertz CT molecular complexity index is 41.6. The van der Waals surface area contributed by atoms with Crippen LogP contribution in [0.15, 0.2) is 4.99 Å². The summed E-state index contributed by atoms with van der Waals surface area (Å²) in [6.07, 6.45) is 5.15. The molecule has 0 aromatic rings. The fourth-order valence-electron chi connectivity index (χ4n) is 0.373. The molecule has 1 aliphatic heterocycles. The Balaban J connectivity index is 2.32. The molecule has 1 nitrogen and oxygen atoms in total. The summed E-state index contributed by atoms with van der Waals surface area (Å²) < 4.78 is 0. The average molecular weight is 68.1 g/mol. The molecule has 1 heterocycles. The third kappa shape index (κ3) is 0.469. The maximum absolute atomic E-state index is 3.90. The van der Waals surface area contributed by atoms with E-state index in [1.54, 1.807) is 0 Å². The number of hydrogen-bond acceptors (Lipinski definition) is 1. The van der Waals surface area contributed by atoms with E-state index in [-0.39, 0.29) is 0 Å². The fraction of sp³-hybridized carbons (Fsp3) is 0.500. The smallest absolute Gasteiger partial charge is 0.0420 e. The molecule has 0 aliphatic carbocycles. The summed E-state index contributed by atoms with van der Waals surface area (Å²) in [6.45, 7) is 0.944. The van der Waals surface area contributed by atoms with Crippen LogP contribution in [0.5, 0.6) is 0 Å². The van der Waals surface area contributed by atoms with Crippen LogP contribution in [-0.4, -0.2) is 12.8 Å². The summed E-state index contributed by atoms with van der Waals surface area (Å²) in [5, 5.41) is 0. The highest BCUT2D eigenvalue weighted by molar-refractivity contribution is 5.61. The zero-order valence-electron chi connectivity index (χ0n) is 3.02. The van der Waals surface area contributed by atoms with Gasteiger partial charge in [0.25, 0.3) is 0 Å². The van der Waals surface area contributed by atoms with Crippen LogP contribution in [0.1, 0.15) is 6.42 Å². The maximum Gasteiger partial charge on any atom is 0.0420 e. The SMILES string of the molecule is [CH]1CC=NC1. The molecule has 5 heavy (non-hydrogen) atoms. The van der Waals surface area contributed by atoms with Gasteiger partial charge in [0.15, 0.2) is 0 Å². The summed E-state index contributed by atoms with van der Waals surface area (Å²) >= 11 is 0. The van der Waals surface area contributed by atoms with Gasteiger partial charge in [-0.1, -0.05) is 0 Å². The van der Waals surface area contributed by atoms with E-state index >= 15 is 0 Å². The second kappa shape index (κ2) is 1.20. The highest BCUT2D eigenvalue weighted by Gasteiger charge is 1.86. The maximum atomic E-state index is 3.90. The van der Waals surface area contributed by atoms with Crippen molar-refractivity contribution in [3.8, 4) is 0 Å². The molecule has 0 N–H and O–H groups in total. The Morgan fingerprint density at radius 2 is 2.60 bits per heavy atom. The lowest BCUT2D eigenvalue weighted by Gasteiger charge is -1.66. The van der Waals surface area contributed by atoms with Crippen molar-refractivity contribution >= 4 is 6.21 Å². The lowest BCUT2D eigenvalue weighted by atomic mass is 10.4. The number of aliphatic imine (C=N–C) groups is 1. The topological polar surface area (TPSA) is 12.4 Å². The van der Waals surface area contributed by atoms with Gasteiger partial charge in [0, 0.05) is 6.54 Å². The Morgan fingerprint density at radius 3 is 2.80 bits per heavy atom. The van der Waals surface area contributed by atoms with Crippen LogP contribution in [-0.2, 0) is 0 Å². The van der Waals surface area contributed by atoms with Gasteiger partial charge in [-0.25, -0.2) is 0 Å².